The minimum absolute atomic E-state index is 0.297. The third-order valence-corrected chi connectivity index (χ3v) is 12.3. The van der Waals surface area contributed by atoms with Gasteiger partial charge in [0.25, 0.3) is 0 Å². The van der Waals surface area contributed by atoms with Gasteiger partial charge in [-0.05, 0) is 120 Å². The zero-order valence-electron chi connectivity index (χ0n) is 31.8. The smallest absolute Gasteiger partial charge is 0.136 e. The van der Waals surface area contributed by atoms with Crippen molar-refractivity contribution < 1.29 is 8.83 Å². The van der Waals surface area contributed by atoms with Crippen molar-refractivity contribution in [3.63, 3.8) is 0 Å². The van der Waals surface area contributed by atoms with Crippen molar-refractivity contribution in [2.75, 3.05) is 0 Å². The summed E-state index contributed by atoms with van der Waals surface area (Å²) in [7, 11) is 0. The van der Waals surface area contributed by atoms with Crippen LogP contribution in [0.2, 0.25) is 0 Å². The van der Waals surface area contributed by atoms with Crippen LogP contribution in [0, 0.1) is 0 Å². The summed E-state index contributed by atoms with van der Waals surface area (Å²) < 4.78 is 13.0. The molecule has 9 aromatic carbocycles. The van der Waals surface area contributed by atoms with Gasteiger partial charge in [-0.2, -0.15) is 0 Å². The van der Waals surface area contributed by atoms with Crippen LogP contribution in [0.5, 0.6) is 0 Å². The van der Waals surface area contributed by atoms with Gasteiger partial charge in [0.1, 0.15) is 28.4 Å². The number of hydrogen-bond acceptors (Lipinski definition) is 3. The van der Waals surface area contributed by atoms with E-state index in [1.165, 1.54) is 32.3 Å². The first-order valence-corrected chi connectivity index (χ1v) is 19.8. The van der Waals surface area contributed by atoms with Gasteiger partial charge >= 0.3 is 0 Å². The first-order chi connectivity index (χ1) is 28.6. The van der Waals surface area contributed by atoms with E-state index in [0.29, 0.717) is 0 Å². The van der Waals surface area contributed by atoms with Crippen LogP contribution < -0.4 is 0 Å². The average Bonchev–Trinajstić information content (AvgIpc) is 3.85. The Balaban J connectivity index is 1.05. The molecule has 2 aromatic heterocycles. The standard InChI is InChI=1S/C55H35NO2/c1-32-51(45-22-13-25-49-53(45)44-29-26-35(31-50(44)58-49)37-21-12-24-48-52(37)43-20-10-11-23-47(43)57-48)33(2)55(56-54(32)34-14-4-3-5-15-34)36-27-28-42-40-18-7-6-16-38(40)39-17-8-9-19-41(39)46(42)30-36/h3-31,55H,2H2,1H3. The van der Waals surface area contributed by atoms with E-state index in [-0.39, 0.29) is 6.04 Å². The molecule has 0 bridgehead atoms. The maximum Gasteiger partial charge on any atom is 0.136 e. The molecule has 11 aromatic rings. The molecule has 0 spiro atoms. The Kier molecular flexibility index (Phi) is 7.06. The van der Waals surface area contributed by atoms with Crippen molar-refractivity contribution in [1.82, 2.24) is 0 Å². The van der Waals surface area contributed by atoms with Gasteiger partial charge in [0.15, 0.2) is 0 Å². The number of furan rings is 2. The van der Waals surface area contributed by atoms with E-state index >= 15 is 0 Å². The highest BCUT2D eigenvalue weighted by Crippen LogP contribution is 2.47. The second-order valence-corrected chi connectivity index (χ2v) is 15.4. The van der Waals surface area contributed by atoms with E-state index in [0.717, 1.165) is 94.1 Å². The molecule has 58 heavy (non-hydrogen) atoms. The Morgan fingerprint density at radius 1 is 0.431 bits per heavy atom. The van der Waals surface area contributed by atoms with E-state index < -0.39 is 0 Å². The maximum absolute atomic E-state index is 6.74. The maximum atomic E-state index is 6.74. The third-order valence-electron chi connectivity index (χ3n) is 12.3. The highest BCUT2D eigenvalue weighted by Gasteiger charge is 2.30. The lowest BCUT2D eigenvalue weighted by atomic mass is 9.80. The normalized spacial score (nSPS) is 14.9. The van der Waals surface area contributed by atoms with Crippen molar-refractivity contribution in [1.29, 1.82) is 0 Å². The molecule has 0 saturated carbocycles. The van der Waals surface area contributed by atoms with Crippen LogP contribution in [0.15, 0.2) is 207 Å². The Hall–Kier alpha value is -7.49. The molecule has 12 rings (SSSR count). The third kappa shape index (κ3) is 4.77. The molecule has 272 valence electrons. The van der Waals surface area contributed by atoms with Crippen LogP contribution in [-0.4, -0.2) is 5.71 Å². The van der Waals surface area contributed by atoms with E-state index in [1.807, 2.05) is 18.2 Å². The second kappa shape index (κ2) is 12.5. The van der Waals surface area contributed by atoms with Gasteiger partial charge in [0.05, 0.1) is 5.71 Å². The average molecular weight is 742 g/mol. The molecule has 3 nitrogen and oxygen atoms in total. The minimum atomic E-state index is -0.297. The largest absolute Gasteiger partial charge is 0.456 e. The molecule has 0 amide bonds. The highest BCUT2D eigenvalue weighted by molar-refractivity contribution is 6.26. The number of nitrogens with zero attached hydrogens (tertiary/aromatic N) is 1. The van der Waals surface area contributed by atoms with Crippen molar-refractivity contribution in [2.45, 2.75) is 13.0 Å². The fraction of sp³-hybridized carbons (Fsp3) is 0.0364. The second-order valence-electron chi connectivity index (χ2n) is 15.4. The number of benzene rings is 9. The number of rotatable bonds is 4. The molecule has 0 aliphatic carbocycles. The summed E-state index contributed by atoms with van der Waals surface area (Å²) in [6, 6.07) is 62.1. The van der Waals surface area contributed by atoms with Crippen LogP contribution >= 0.6 is 0 Å². The van der Waals surface area contributed by atoms with Gasteiger partial charge in [-0.3, -0.25) is 4.99 Å². The van der Waals surface area contributed by atoms with Gasteiger partial charge in [-0.15, -0.1) is 0 Å². The van der Waals surface area contributed by atoms with Crippen LogP contribution in [0.25, 0.3) is 92.9 Å². The number of dihydropyridines is 1. The van der Waals surface area contributed by atoms with Gasteiger partial charge in [-0.1, -0.05) is 146 Å². The molecule has 1 atom stereocenters. The number of fused-ring (bicyclic) bond motifs is 12. The molecular weight excluding hydrogens is 707 g/mol. The fourth-order valence-corrected chi connectivity index (χ4v) is 9.65. The summed E-state index contributed by atoms with van der Waals surface area (Å²) in [4.78, 5) is 5.55. The molecule has 0 N–H and O–H groups in total. The molecule has 0 saturated heterocycles. The van der Waals surface area contributed by atoms with Gasteiger partial charge in [-0.25, -0.2) is 0 Å². The van der Waals surface area contributed by atoms with Gasteiger partial charge in [0, 0.05) is 21.5 Å². The lowest BCUT2D eigenvalue weighted by Gasteiger charge is -2.29. The van der Waals surface area contributed by atoms with Crippen LogP contribution in [-0.2, 0) is 0 Å². The Morgan fingerprint density at radius 2 is 0.966 bits per heavy atom. The predicted molar refractivity (Wildman–Crippen MR) is 243 cm³/mol. The van der Waals surface area contributed by atoms with E-state index in [2.05, 4.69) is 165 Å². The summed E-state index contributed by atoms with van der Waals surface area (Å²) in [5.74, 6) is 0. The molecule has 1 unspecified atom stereocenters. The molecule has 3 heteroatoms. The summed E-state index contributed by atoms with van der Waals surface area (Å²) >= 11 is 0. The summed E-state index contributed by atoms with van der Waals surface area (Å²) in [6.07, 6.45) is 0. The SMILES string of the molecule is C=C1C(c2cccc3oc4cc(-c5cccc6oc7ccccc7c56)ccc4c23)=C(C)C(c2ccccc2)=NC1c1ccc2c3ccccc3c3ccccc3c2c1. The van der Waals surface area contributed by atoms with Crippen molar-refractivity contribution in [3.05, 3.63) is 210 Å². The van der Waals surface area contributed by atoms with E-state index in [4.69, 9.17) is 20.4 Å². The first-order valence-electron chi connectivity index (χ1n) is 19.8. The zero-order chi connectivity index (χ0) is 38.5. The van der Waals surface area contributed by atoms with Crippen molar-refractivity contribution in [3.8, 4) is 11.1 Å². The highest BCUT2D eigenvalue weighted by atomic mass is 16.3. The number of hydrogen-bond donors (Lipinski definition) is 0. The van der Waals surface area contributed by atoms with Crippen LogP contribution in [0.1, 0.15) is 29.7 Å². The molecule has 1 aliphatic rings. The fourth-order valence-electron chi connectivity index (χ4n) is 9.65. The van der Waals surface area contributed by atoms with Crippen molar-refractivity contribution in [2.24, 2.45) is 4.99 Å². The minimum Gasteiger partial charge on any atom is -0.456 e. The van der Waals surface area contributed by atoms with Gasteiger partial charge in [0.2, 0.25) is 0 Å². The predicted octanol–water partition coefficient (Wildman–Crippen LogP) is 15.2. The summed E-state index contributed by atoms with van der Waals surface area (Å²) in [5.41, 5.74) is 13.1. The number of allylic oxidation sites excluding steroid dienone is 1. The van der Waals surface area contributed by atoms with E-state index in [1.54, 1.807) is 0 Å². The Bertz CT molecular complexity index is 3560. The molecule has 3 heterocycles. The topological polar surface area (TPSA) is 38.6 Å². The summed E-state index contributed by atoms with van der Waals surface area (Å²) in [6.45, 7) is 7.06. The Labute approximate surface area is 334 Å². The van der Waals surface area contributed by atoms with E-state index in [9.17, 15) is 0 Å². The van der Waals surface area contributed by atoms with Gasteiger partial charge < -0.3 is 8.83 Å². The lowest BCUT2D eigenvalue weighted by molar-refractivity contribution is 0.668. The Morgan fingerprint density at radius 3 is 1.69 bits per heavy atom. The number of para-hydroxylation sites is 1. The first kappa shape index (κ1) is 32.7. The summed E-state index contributed by atoms with van der Waals surface area (Å²) in [5, 5.41) is 11.9. The monoisotopic (exact) mass is 741 g/mol. The lowest BCUT2D eigenvalue weighted by Crippen LogP contribution is -2.17. The van der Waals surface area contributed by atoms with Crippen LogP contribution in [0.4, 0.5) is 0 Å². The quantitative estimate of drug-likeness (QED) is 0.169. The van der Waals surface area contributed by atoms with Crippen molar-refractivity contribution >= 4 is 87.5 Å². The molecule has 1 aliphatic heterocycles. The molecule has 0 radical (unpaired) electrons. The molecule has 0 fully saturated rings. The molecular formula is C55H35NO2. The zero-order valence-corrected chi connectivity index (χ0v) is 31.8. The number of aliphatic imine (C=N–C) groups is 1. The van der Waals surface area contributed by atoms with Crippen LogP contribution in [0.3, 0.4) is 0 Å².